The van der Waals surface area contributed by atoms with Crippen LogP contribution in [0.2, 0.25) is 0 Å². The molecule has 2 aromatic heterocycles. The molecule has 0 unspecified atom stereocenters. The highest BCUT2D eigenvalue weighted by Gasteiger charge is 2.38. The lowest BCUT2D eigenvalue weighted by molar-refractivity contribution is -0.132. The minimum atomic E-state index is -0.583. The van der Waals surface area contributed by atoms with Crippen molar-refractivity contribution in [2.45, 2.75) is 26.2 Å². The average molecular weight is 304 g/mol. The number of amides is 1. The Labute approximate surface area is 128 Å². The molecule has 0 aromatic carbocycles. The molecule has 2 aromatic rings. The number of rotatable bonds is 5. The molecule has 3 heterocycles. The van der Waals surface area contributed by atoms with Gasteiger partial charge in [-0.1, -0.05) is 6.92 Å². The second kappa shape index (κ2) is 5.88. The summed E-state index contributed by atoms with van der Waals surface area (Å²) in [4.78, 5) is 20.4. The van der Waals surface area contributed by atoms with Gasteiger partial charge < -0.3 is 15.8 Å². The lowest BCUT2D eigenvalue weighted by Crippen LogP contribution is -2.46. The number of carbonyl (C=O) groups is 1. The molecular formula is C14H20N6O2. The summed E-state index contributed by atoms with van der Waals surface area (Å²) in [5, 5.41) is 7.47. The molecule has 3 rings (SSSR count). The molecule has 1 amide bonds. The molecule has 3 N–H and O–H groups in total. The monoisotopic (exact) mass is 304 g/mol. The number of nitrogens with two attached hydrogens (primary N) is 1. The first-order valence-electron chi connectivity index (χ1n) is 7.46. The number of fused-ring (bicyclic) bond motifs is 1. The zero-order chi connectivity index (χ0) is 15.6. The number of hydrogen-bond acceptors (Lipinski definition) is 6. The van der Waals surface area contributed by atoms with Gasteiger partial charge in [-0.15, -0.1) is 0 Å². The summed E-state index contributed by atoms with van der Waals surface area (Å²) in [6.45, 7) is 3.59. The number of aromatic nitrogens is 4. The molecule has 0 spiro atoms. The van der Waals surface area contributed by atoms with Gasteiger partial charge in [-0.3, -0.25) is 4.79 Å². The Morgan fingerprint density at radius 1 is 1.50 bits per heavy atom. The predicted octanol–water partition coefficient (Wildman–Crippen LogP) is 0.381. The van der Waals surface area contributed by atoms with Gasteiger partial charge in [0.1, 0.15) is 12.1 Å². The molecule has 0 bridgehead atoms. The molecule has 0 saturated carbocycles. The van der Waals surface area contributed by atoms with E-state index in [1.165, 1.54) is 6.33 Å². The highest BCUT2D eigenvalue weighted by Crippen LogP contribution is 2.30. The Balaban J connectivity index is 1.86. The van der Waals surface area contributed by atoms with E-state index < -0.39 is 5.41 Å². The van der Waals surface area contributed by atoms with Crippen LogP contribution in [0, 0.1) is 5.41 Å². The second-order valence-corrected chi connectivity index (χ2v) is 5.57. The van der Waals surface area contributed by atoms with E-state index in [9.17, 15) is 4.79 Å². The van der Waals surface area contributed by atoms with Crippen LogP contribution in [0.25, 0.3) is 5.78 Å². The maximum Gasteiger partial charge on any atom is 0.254 e. The van der Waals surface area contributed by atoms with Crippen LogP contribution < -0.4 is 11.1 Å². The minimum absolute atomic E-state index is 0.289. The fraction of sp³-hybridized carbons (Fsp3) is 0.571. The van der Waals surface area contributed by atoms with E-state index in [1.54, 1.807) is 4.52 Å². The maximum atomic E-state index is 11.9. The molecule has 118 valence electrons. The van der Waals surface area contributed by atoms with E-state index in [0.29, 0.717) is 38.4 Å². The van der Waals surface area contributed by atoms with Crippen LogP contribution in [0.5, 0.6) is 0 Å². The van der Waals surface area contributed by atoms with Crippen LogP contribution in [0.3, 0.4) is 0 Å². The van der Waals surface area contributed by atoms with Gasteiger partial charge in [0.25, 0.3) is 5.78 Å². The molecule has 0 radical (unpaired) electrons. The first-order valence-corrected chi connectivity index (χ1v) is 7.46. The average Bonchev–Trinajstić information content (AvgIpc) is 3.01. The first kappa shape index (κ1) is 14.7. The third-order valence-electron chi connectivity index (χ3n) is 4.25. The van der Waals surface area contributed by atoms with Crippen LogP contribution in [0.15, 0.2) is 12.4 Å². The zero-order valence-electron chi connectivity index (χ0n) is 12.6. The summed E-state index contributed by atoms with van der Waals surface area (Å²) in [5.41, 5.74) is 5.97. The highest BCUT2D eigenvalue weighted by molar-refractivity contribution is 5.81. The van der Waals surface area contributed by atoms with E-state index >= 15 is 0 Å². The van der Waals surface area contributed by atoms with Crippen molar-refractivity contribution in [3.63, 3.8) is 0 Å². The van der Waals surface area contributed by atoms with E-state index in [-0.39, 0.29) is 5.91 Å². The molecule has 0 atom stereocenters. The summed E-state index contributed by atoms with van der Waals surface area (Å²) in [6, 6.07) is 1.93. The van der Waals surface area contributed by atoms with Gasteiger partial charge in [0, 0.05) is 31.5 Å². The Morgan fingerprint density at radius 3 is 2.95 bits per heavy atom. The largest absolute Gasteiger partial charge is 0.381 e. The molecule has 1 aliphatic heterocycles. The number of ether oxygens (including phenoxy) is 1. The van der Waals surface area contributed by atoms with Crippen LogP contribution in [0.1, 0.15) is 25.5 Å². The molecular weight excluding hydrogens is 284 g/mol. The van der Waals surface area contributed by atoms with Crippen molar-refractivity contribution < 1.29 is 9.53 Å². The second-order valence-electron chi connectivity index (χ2n) is 5.57. The molecule has 1 aliphatic rings. The number of nitrogens with one attached hydrogen (secondary N) is 1. The van der Waals surface area contributed by atoms with Crippen molar-refractivity contribution in [1.29, 1.82) is 0 Å². The van der Waals surface area contributed by atoms with E-state index in [1.807, 2.05) is 13.0 Å². The fourth-order valence-electron chi connectivity index (χ4n) is 2.70. The minimum Gasteiger partial charge on any atom is -0.381 e. The number of anilines is 1. The number of nitrogens with zero attached hydrogens (tertiary/aromatic N) is 4. The number of primary amides is 1. The topological polar surface area (TPSA) is 107 Å². The van der Waals surface area contributed by atoms with Crippen molar-refractivity contribution in [3.05, 3.63) is 18.1 Å². The Kier molecular flexibility index (Phi) is 3.93. The number of aryl methyl sites for hydroxylation is 1. The maximum absolute atomic E-state index is 11.9. The van der Waals surface area contributed by atoms with E-state index in [4.69, 9.17) is 10.5 Å². The lowest BCUT2D eigenvalue weighted by atomic mass is 9.79. The van der Waals surface area contributed by atoms with E-state index in [0.717, 1.165) is 17.9 Å². The molecule has 8 heteroatoms. The molecule has 1 saturated heterocycles. The molecule has 1 fully saturated rings. The van der Waals surface area contributed by atoms with Gasteiger partial charge in [-0.05, 0) is 19.3 Å². The highest BCUT2D eigenvalue weighted by atomic mass is 16.5. The molecule has 0 aliphatic carbocycles. The predicted molar refractivity (Wildman–Crippen MR) is 80.3 cm³/mol. The van der Waals surface area contributed by atoms with Crippen LogP contribution >= 0.6 is 0 Å². The van der Waals surface area contributed by atoms with E-state index in [2.05, 4.69) is 20.4 Å². The van der Waals surface area contributed by atoms with Gasteiger partial charge in [-0.25, -0.2) is 4.98 Å². The van der Waals surface area contributed by atoms with Gasteiger partial charge >= 0.3 is 0 Å². The normalized spacial score (nSPS) is 17.5. The van der Waals surface area contributed by atoms with Crippen molar-refractivity contribution in [2.24, 2.45) is 11.1 Å². The smallest absolute Gasteiger partial charge is 0.254 e. The summed E-state index contributed by atoms with van der Waals surface area (Å²) < 4.78 is 6.98. The fourth-order valence-corrected chi connectivity index (χ4v) is 2.70. The van der Waals surface area contributed by atoms with Gasteiger partial charge in [-0.2, -0.15) is 14.6 Å². The summed E-state index contributed by atoms with van der Waals surface area (Å²) in [6.07, 6.45) is 3.52. The lowest BCUT2D eigenvalue weighted by Gasteiger charge is -2.34. The van der Waals surface area contributed by atoms with Crippen LogP contribution in [-0.2, 0) is 16.0 Å². The number of carbonyl (C=O) groups excluding carboxylic acids is 1. The Bertz CT molecular complexity index is 677. The summed E-state index contributed by atoms with van der Waals surface area (Å²) in [7, 11) is 0. The van der Waals surface area contributed by atoms with Gasteiger partial charge in [0.15, 0.2) is 0 Å². The van der Waals surface area contributed by atoms with Crippen molar-refractivity contribution >= 4 is 17.5 Å². The zero-order valence-corrected chi connectivity index (χ0v) is 12.6. The van der Waals surface area contributed by atoms with Crippen molar-refractivity contribution in [1.82, 2.24) is 19.6 Å². The van der Waals surface area contributed by atoms with Gasteiger partial charge in [0.05, 0.1) is 5.41 Å². The molecule has 8 nitrogen and oxygen atoms in total. The Morgan fingerprint density at radius 2 is 2.27 bits per heavy atom. The van der Waals surface area contributed by atoms with Gasteiger partial charge in [0.2, 0.25) is 5.91 Å². The third kappa shape index (κ3) is 2.61. The quantitative estimate of drug-likeness (QED) is 0.827. The SMILES string of the molecule is CCc1cc(NCC2(C(N)=O)CCOCC2)n2ncnc2n1. The summed E-state index contributed by atoms with van der Waals surface area (Å²) >= 11 is 0. The standard InChI is InChI=1S/C14H20N6O2/c1-2-10-7-11(20-13(19-10)17-9-18-20)16-8-14(12(15)21)3-5-22-6-4-14/h7,9,16H,2-6,8H2,1H3,(H2,15,21). The van der Waals surface area contributed by atoms with Crippen LogP contribution in [0.4, 0.5) is 5.82 Å². The third-order valence-corrected chi connectivity index (χ3v) is 4.25. The molecule has 22 heavy (non-hydrogen) atoms. The van der Waals surface area contributed by atoms with Crippen LogP contribution in [-0.4, -0.2) is 45.2 Å². The number of hydrogen-bond donors (Lipinski definition) is 2. The van der Waals surface area contributed by atoms with Crippen molar-refractivity contribution in [3.8, 4) is 0 Å². The summed E-state index contributed by atoms with van der Waals surface area (Å²) in [5.74, 6) is 1.02. The van der Waals surface area contributed by atoms with Crippen molar-refractivity contribution in [2.75, 3.05) is 25.1 Å². The Hall–Kier alpha value is -2.22. The first-order chi connectivity index (χ1) is 10.6.